The highest BCUT2D eigenvalue weighted by molar-refractivity contribution is 7.10. The van der Waals surface area contributed by atoms with Crippen LogP contribution in [-0.2, 0) is 12.8 Å². The molecule has 5 rings (SSSR count). The lowest BCUT2D eigenvalue weighted by atomic mass is 10.1. The fourth-order valence-corrected chi connectivity index (χ4v) is 5.40. The summed E-state index contributed by atoms with van der Waals surface area (Å²) in [5.74, 6) is -0.851. The minimum Gasteiger partial charge on any atom is -0.274 e. The van der Waals surface area contributed by atoms with Gasteiger partial charge < -0.3 is 0 Å². The van der Waals surface area contributed by atoms with Gasteiger partial charge in [0.05, 0.1) is 22.3 Å². The van der Waals surface area contributed by atoms with Crippen LogP contribution >= 0.6 is 11.3 Å². The van der Waals surface area contributed by atoms with Crippen LogP contribution < -0.4 is 0 Å². The second-order valence-electron chi connectivity index (χ2n) is 8.24. The highest BCUT2D eigenvalue weighted by atomic mass is 32.1. The van der Waals surface area contributed by atoms with Crippen molar-refractivity contribution in [2.24, 2.45) is 0 Å². The molecule has 1 aromatic heterocycles. The zero-order valence-electron chi connectivity index (χ0n) is 18.0. The maximum atomic E-state index is 12.5. The van der Waals surface area contributed by atoms with Gasteiger partial charge in [-0.3, -0.25) is 29.0 Å². The van der Waals surface area contributed by atoms with E-state index in [-0.39, 0.29) is 23.6 Å². The first kappa shape index (κ1) is 21.3. The first-order chi connectivity index (χ1) is 16.0. The Bertz CT molecular complexity index is 1110. The fraction of sp³-hybridized carbons (Fsp3) is 0.231. The molecular weight excluding hydrogens is 436 g/mol. The molecule has 0 N–H and O–H groups in total. The zero-order valence-corrected chi connectivity index (χ0v) is 18.8. The van der Waals surface area contributed by atoms with Crippen LogP contribution in [0.15, 0.2) is 60.0 Å². The standard InChI is InChI=1S/C26H22N2O4S/c29-23-19-9-1-2-10-20(19)24(30)27(23)13-5-7-17-15-18(33-16-17)8-6-14-28-25(31)21-11-3-4-12-22(21)26(28)32/h1-4,9-12,15-16H,5-8,13-14H2. The minimum atomic E-state index is -0.213. The summed E-state index contributed by atoms with van der Waals surface area (Å²) in [6.07, 6.45) is 2.98. The molecule has 0 radical (unpaired) electrons. The van der Waals surface area contributed by atoms with E-state index in [0.29, 0.717) is 48.2 Å². The van der Waals surface area contributed by atoms with Gasteiger partial charge in [0, 0.05) is 18.0 Å². The Balaban J connectivity index is 1.10. The quantitative estimate of drug-likeness (QED) is 0.474. The number of fused-ring (bicyclic) bond motifs is 2. The first-order valence-electron chi connectivity index (χ1n) is 11.0. The molecule has 0 atom stereocenters. The van der Waals surface area contributed by atoms with Crippen LogP contribution in [0.3, 0.4) is 0 Å². The Labute approximate surface area is 195 Å². The summed E-state index contributed by atoms with van der Waals surface area (Å²) in [6, 6.07) is 16.0. The van der Waals surface area contributed by atoms with Gasteiger partial charge in [-0.05, 0) is 67.0 Å². The molecular formula is C26H22N2O4S. The summed E-state index contributed by atoms with van der Waals surface area (Å²) in [4.78, 5) is 53.7. The molecule has 0 bridgehead atoms. The van der Waals surface area contributed by atoms with Crippen LogP contribution in [0.4, 0.5) is 0 Å². The Kier molecular flexibility index (Phi) is 5.64. The number of carbonyl (C=O) groups is 4. The predicted molar refractivity (Wildman–Crippen MR) is 125 cm³/mol. The van der Waals surface area contributed by atoms with Gasteiger partial charge in [0.15, 0.2) is 0 Å². The molecule has 0 aliphatic carbocycles. The van der Waals surface area contributed by atoms with Crippen molar-refractivity contribution in [2.75, 3.05) is 13.1 Å². The van der Waals surface area contributed by atoms with Crippen molar-refractivity contribution in [1.82, 2.24) is 9.80 Å². The molecule has 0 saturated heterocycles. The minimum absolute atomic E-state index is 0.212. The smallest absolute Gasteiger partial charge is 0.261 e. The third-order valence-electron chi connectivity index (χ3n) is 6.12. The van der Waals surface area contributed by atoms with Gasteiger partial charge in [-0.25, -0.2) is 0 Å². The van der Waals surface area contributed by atoms with Crippen LogP contribution in [0.5, 0.6) is 0 Å². The maximum absolute atomic E-state index is 12.5. The lowest BCUT2D eigenvalue weighted by Gasteiger charge is -2.13. The van der Waals surface area contributed by atoms with E-state index in [2.05, 4.69) is 11.4 Å². The third kappa shape index (κ3) is 3.89. The van der Waals surface area contributed by atoms with Gasteiger partial charge >= 0.3 is 0 Å². The van der Waals surface area contributed by atoms with Crippen molar-refractivity contribution < 1.29 is 19.2 Å². The molecule has 4 amide bonds. The number of imide groups is 2. The number of thiophene rings is 1. The summed E-state index contributed by atoms with van der Waals surface area (Å²) in [7, 11) is 0. The Morgan fingerprint density at radius 2 is 1.03 bits per heavy atom. The third-order valence-corrected chi connectivity index (χ3v) is 7.16. The average Bonchev–Trinajstić information content (AvgIpc) is 3.46. The monoisotopic (exact) mass is 458 g/mol. The van der Waals surface area contributed by atoms with Crippen LogP contribution in [0.2, 0.25) is 0 Å². The van der Waals surface area contributed by atoms with Crippen LogP contribution in [-0.4, -0.2) is 46.5 Å². The van der Waals surface area contributed by atoms with E-state index in [0.717, 1.165) is 12.8 Å². The van der Waals surface area contributed by atoms with Crippen molar-refractivity contribution in [2.45, 2.75) is 25.7 Å². The lowest BCUT2D eigenvalue weighted by Crippen LogP contribution is -2.31. The second-order valence-corrected chi connectivity index (χ2v) is 9.24. The van der Waals surface area contributed by atoms with E-state index in [1.54, 1.807) is 59.9 Å². The van der Waals surface area contributed by atoms with Crippen LogP contribution in [0.25, 0.3) is 0 Å². The van der Waals surface area contributed by atoms with Crippen molar-refractivity contribution in [3.8, 4) is 0 Å². The SMILES string of the molecule is O=C1c2ccccc2C(=O)N1CCCc1csc(CCCN2C(=O)c3ccccc3C2=O)c1. The van der Waals surface area contributed by atoms with Crippen molar-refractivity contribution in [1.29, 1.82) is 0 Å². The molecule has 0 unspecified atom stereocenters. The van der Waals surface area contributed by atoms with E-state index < -0.39 is 0 Å². The Hall–Kier alpha value is -3.58. The average molecular weight is 459 g/mol. The molecule has 7 heteroatoms. The number of hydrogen-bond acceptors (Lipinski definition) is 5. The summed E-state index contributed by atoms with van der Waals surface area (Å²) in [5.41, 5.74) is 3.11. The Morgan fingerprint density at radius 3 is 1.48 bits per heavy atom. The molecule has 33 heavy (non-hydrogen) atoms. The van der Waals surface area contributed by atoms with Crippen LogP contribution in [0.1, 0.15) is 64.7 Å². The molecule has 2 aliphatic heterocycles. The van der Waals surface area contributed by atoms with Crippen LogP contribution in [0, 0.1) is 0 Å². The first-order valence-corrected chi connectivity index (χ1v) is 11.9. The highest BCUT2D eigenvalue weighted by Crippen LogP contribution is 2.25. The molecule has 2 aliphatic rings. The van der Waals surface area contributed by atoms with Gasteiger partial charge in [0.2, 0.25) is 0 Å². The summed E-state index contributed by atoms with van der Waals surface area (Å²) in [6.45, 7) is 0.802. The van der Waals surface area contributed by atoms with E-state index in [1.165, 1.54) is 20.2 Å². The number of nitrogens with zero attached hydrogens (tertiary/aromatic N) is 2. The molecule has 3 heterocycles. The number of amides is 4. The second kappa shape index (κ2) is 8.75. The van der Waals surface area contributed by atoms with Gasteiger partial charge in [0.1, 0.15) is 0 Å². The largest absolute Gasteiger partial charge is 0.274 e. The predicted octanol–water partition coefficient (Wildman–Crippen LogP) is 4.21. The van der Waals surface area contributed by atoms with Gasteiger partial charge in [-0.2, -0.15) is 0 Å². The normalized spacial score (nSPS) is 14.9. The van der Waals surface area contributed by atoms with Crippen molar-refractivity contribution in [3.05, 3.63) is 92.7 Å². The number of rotatable bonds is 8. The Morgan fingerprint density at radius 1 is 0.606 bits per heavy atom. The van der Waals surface area contributed by atoms with Crippen molar-refractivity contribution >= 4 is 35.0 Å². The van der Waals surface area contributed by atoms with E-state index in [4.69, 9.17) is 0 Å². The number of carbonyl (C=O) groups excluding carboxylic acids is 4. The molecule has 0 fully saturated rings. The summed E-state index contributed by atoms with van der Waals surface area (Å²) < 4.78 is 0. The maximum Gasteiger partial charge on any atom is 0.261 e. The lowest BCUT2D eigenvalue weighted by molar-refractivity contribution is 0.0637. The summed E-state index contributed by atoms with van der Waals surface area (Å²) in [5, 5.41) is 2.10. The number of hydrogen-bond donors (Lipinski definition) is 0. The van der Waals surface area contributed by atoms with E-state index in [9.17, 15) is 19.2 Å². The topological polar surface area (TPSA) is 74.8 Å². The zero-order chi connectivity index (χ0) is 22.9. The van der Waals surface area contributed by atoms with Gasteiger partial charge in [-0.1, -0.05) is 24.3 Å². The molecule has 3 aromatic rings. The summed E-state index contributed by atoms with van der Waals surface area (Å²) >= 11 is 1.66. The molecule has 166 valence electrons. The fourth-order valence-electron chi connectivity index (χ4n) is 4.43. The molecule has 0 spiro atoms. The molecule has 6 nitrogen and oxygen atoms in total. The van der Waals surface area contributed by atoms with E-state index in [1.807, 2.05) is 0 Å². The van der Waals surface area contributed by atoms with Gasteiger partial charge in [0.25, 0.3) is 23.6 Å². The highest BCUT2D eigenvalue weighted by Gasteiger charge is 2.35. The number of benzene rings is 2. The van der Waals surface area contributed by atoms with Crippen molar-refractivity contribution in [3.63, 3.8) is 0 Å². The molecule has 2 aromatic carbocycles. The molecule has 0 saturated carbocycles. The van der Waals surface area contributed by atoms with Gasteiger partial charge in [-0.15, -0.1) is 11.3 Å². The van der Waals surface area contributed by atoms with E-state index >= 15 is 0 Å². The number of aryl methyl sites for hydroxylation is 2.